The van der Waals surface area contributed by atoms with E-state index in [1.165, 1.54) is 24.5 Å². The van der Waals surface area contributed by atoms with Gasteiger partial charge < -0.3 is 14.8 Å². The molecule has 0 saturated heterocycles. The lowest BCUT2D eigenvalue weighted by Crippen LogP contribution is -2.47. The van der Waals surface area contributed by atoms with E-state index in [1.807, 2.05) is 0 Å². The molecule has 1 fully saturated rings. The number of pyridine rings is 1. The molecule has 0 bridgehead atoms. The molecule has 3 aromatic rings. The van der Waals surface area contributed by atoms with Crippen molar-refractivity contribution in [3.63, 3.8) is 0 Å². The summed E-state index contributed by atoms with van der Waals surface area (Å²) in [6.07, 6.45) is 0.620. The molecule has 2 aromatic carbocycles. The van der Waals surface area contributed by atoms with Crippen LogP contribution in [-0.4, -0.2) is 56.1 Å². The van der Waals surface area contributed by atoms with Gasteiger partial charge in [0.1, 0.15) is 6.10 Å². The fourth-order valence-corrected chi connectivity index (χ4v) is 4.54. The van der Waals surface area contributed by atoms with Crippen LogP contribution in [0, 0.1) is 5.92 Å². The Balaban J connectivity index is 1.65. The number of hydrogen-bond donors (Lipinski definition) is 2. The van der Waals surface area contributed by atoms with E-state index in [9.17, 15) is 22.8 Å². The monoisotopic (exact) mass is 539 g/mol. The first kappa shape index (κ1) is 26.9. The normalized spacial score (nSPS) is 20.9. The number of hydrogen-bond acceptors (Lipinski definition) is 9. The summed E-state index contributed by atoms with van der Waals surface area (Å²) in [6.45, 7) is -0.466. The lowest BCUT2D eigenvalue weighted by Gasteiger charge is -2.27. The number of nitrogens with one attached hydrogen (secondary N) is 1. The number of nitrogens with zero attached hydrogens (tertiary/aromatic N) is 1. The summed E-state index contributed by atoms with van der Waals surface area (Å²) in [7, 11) is -4.33. The summed E-state index contributed by atoms with van der Waals surface area (Å²) < 4.78 is 39.4. The van der Waals surface area contributed by atoms with Crippen LogP contribution in [0.25, 0.3) is 0 Å². The first-order valence-electron chi connectivity index (χ1n) is 11.6. The molecule has 1 aromatic heterocycles. The largest absolute Gasteiger partial charge is 0.454 e. The smallest absolute Gasteiger partial charge is 0.338 e. The van der Waals surface area contributed by atoms with Gasteiger partial charge in [0.25, 0.3) is 5.91 Å². The van der Waals surface area contributed by atoms with Gasteiger partial charge in [-0.15, -0.1) is 0 Å². The molecular formula is C26H25N3O8S. The van der Waals surface area contributed by atoms with Crippen LogP contribution in [0.15, 0.2) is 85.2 Å². The number of aromatic nitrogens is 1. The van der Waals surface area contributed by atoms with E-state index in [4.69, 9.17) is 18.8 Å². The number of carbonyl (C=O) groups is 3. The first-order valence-corrected chi connectivity index (χ1v) is 13.1. The van der Waals surface area contributed by atoms with Crippen molar-refractivity contribution in [2.24, 2.45) is 11.1 Å². The van der Waals surface area contributed by atoms with Gasteiger partial charge in [-0.2, -0.15) is 8.42 Å². The van der Waals surface area contributed by atoms with Gasteiger partial charge in [0, 0.05) is 23.9 Å². The number of ether oxygens (including phenoxy) is 2. The molecule has 0 radical (unpaired) electrons. The highest BCUT2D eigenvalue weighted by Crippen LogP contribution is 2.34. The maximum absolute atomic E-state index is 13.0. The molecule has 1 saturated carbocycles. The molecule has 1 aliphatic rings. The van der Waals surface area contributed by atoms with Crippen molar-refractivity contribution in [2.75, 3.05) is 6.61 Å². The highest BCUT2D eigenvalue weighted by Gasteiger charge is 2.49. The highest BCUT2D eigenvalue weighted by atomic mass is 32.2. The van der Waals surface area contributed by atoms with E-state index >= 15 is 0 Å². The van der Waals surface area contributed by atoms with Crippen LogP contribution < -0.4 is 10.5 Å². The van der Waals surface area contributed by atoms with E-state index in [0.717, 1.165) is 0 Å². The van der Waals surface area contributed by atoms with Gasteiger partial charge in [0.05, 0.1) is 23.8 Å². The number of carbonyl (C=O) groups excluding carboxylic acids is 3. The molecule has 1 amide bonds. The first-order chi connectivity index (χ1) is 18.2. The molecule has 11 nitrogen and oxygen atoms in total. The number of amides is 1. The summed E-state index contributed by atoms with van der Waals surface area (Å²) in [6, 6.07) is 18.4. The predicted molar refractivity (Wildman–Crippen MR) is 134 cm³/mol. The van der Waals surface area contributed by atoms with Crippen molar-refractivity contribution in [3.8, 4) is 0 Å². The predicted octanol–water partition coefficient (Wildman–Crippen LogP) is 1.87. The molecule has 12 heteroatoms. The SMILES string of the molecule is NS(=O)(=O)OC[C@H]1C[C@@H](NC(=O)c2ccncc2)[C@H](OC(=O)c2ccccc2)[C@@H]1OC(=O)c1ccccc1. The molecule has 0 unspecified atom stereocenters. The Kier molecular flexibility index (Phi) is 8.46. The molecule has 0 aliphatic heterocycles. The zero-order chi connectivity index (χ0) is 27.1. The third kappa shape index (κ3) is 7.00. The summed E-state index contributed by atoms with van der Waals surface area (Å²) >= 11 is 0. The molecule has 1 aliphatic carbocycles. The van der Waals surface area contributed by atoms with Crippen LogP contribution in [0.1, 0.15) is 37.5 Å². The van der Waals surface area contributed by atoms with Crippen LogP contribution >= 0.6 is 0 Å². The van der Waals surface area contributed by atoms with E-state index in [0.29, 0.717) is 5.56 Å². The Bertz CT molecular complexity index is 1370. The van der Waals surface area contributed by atoms with Crippen molar-refractivity contribution >= 4 is 28.1 Å². The minimum atomic E-state index is -4.33. The Labute approximate surface area is 219 Å². The summed E-state index contributed by atoms with van der Waals surface area (Å²) in [5, 5.41) is 7.82. The van der Waals surface area contributed by atoms with Crippen molar-refractivity contribution in [1.29, 1.82) is 0 Å². The maximum atomic E-state index is 13.0. The van der Waals surface area contributed by atoms with E-state index in [-0.39, 0.29) is 17.5 Å². The fraction of sp³-hybridized carbons (Fsp3) is 0.231. The number of benzene rings is 2. The fourth-order valence-electron chi connectivity index (χ4n) is 4.18. The number of esters is 2. The van der Waals surface area contributed by atoms with Gasteiger partial charge in [-0.3, -0.25) is 14.0 Å². The quantitative estimate of drug-likeness (QED) is 0.386. The van der Waals surface area contributed by atoms with Gasteiger partial charge in [-0.05, 0) is 42.8 Å². The summed E-state index contributed by atoms with van der Waals surface area (Å²) in [5.74, 6) is -2.72. The average Bonchev–Trinajstić information content (AvgIpc) is 3.23. The standard InChI is InChI=1S/C26H25N3O8S/c27-38(33,34)35-16-20-15-21(29-24(30)17-11-13-28-14-12-17)23(37-26(32)19-9-5-2-6-10-19)22(20)36-25(31)18-7-3-1-4-8-18/h1-14,20-23H,15-16H2,(H,29,30)(H2,27,33,34)/t20-,21-,22-,23+/m1/s1. The Morgan fingerprint density at radius 3 is 1.87 bits per heavy atom. The van der Waals surface area contributed by atoms with Crippen molar-refractivity contribution in [1.82, 2.24) is 10.3 Å². The van der Waals surface area contributed by atoms with Gasteiger partial charge in [0.15, 0.2) is 6.10 Å². The molecule has 4 atom stereocenters. The maximum Gasteiger partial charge on any atom is 0.338 e. The van der Waals surface area contributed by atoms with Gasteiger partial charge >= 0.3 is 22.2 Å². The van der Waals surface area contributed by atoms with E-state index in [2.05, 4.69) is 10.3 Å². The molecule has 4 rings (SSSR count). The molecule has 198 valence electrons. The van der Waals surface area contributed by atoms with Gasteiger partial charge in [0.2, 0.25) is 0 Å². The van der Waals surface area contributed by atoms with Crippen LogP contribution in [-0.2, 0) is 24.0 Å². The van der Waals surface area contributed by atoms with Crippen molar-refractivity contribution in [3.05, 3.63) is 102 Å². The minimum absolute atomic E-state index is 0.0613. The number of rotatable bonds is 9. The lowest BCUT2D eigenvalue weighted by molar-refractivity contribution is -0.0435. The Morgan fingerprint density at radius 2 is 1.34 bits per heavy atom. The summed E-state index contributed by atoms with van der Waals surface area (Å²) in [5.41, 5.74) is 0.773. The second kappa shape index (κ2) is 11.9. The second-order valence-corrected chi connectivity index (χ2v) is 9.78. The molecule has 1 heterocycles. The Hall–Kier alpha value is -4.13. The molecule has 0 spiro atoms. The van der Waals surface area contributed by atoms with Gasteiger partial charge in [-0.1, -0.05) is 36.4 Å². The zero-order valence-electron chi connectivity index (χ0n) is 20.0. The Morgan fingerprint density at radius 1 is 0.816 bits per heavy atom. The molecule has 3 N–H and O–H groups in total. The van der Waals surface area contributed by atoms with Crippen LogP contribution in [0.2, 0.25) is 0 Å². The summed E-state index contributed by atoms with van der Waals surface area (Å²) in [4.78, 5) is 42.8. The third-order valence-corrected chi connectivity index (χ3v) is 6.42. The zero-order valence-corrected chi connectivity index (χ0v) is 20.8. The minimum Gasteiger partial charge on any atom is -0.454 e. The number of nitrogens with two attached hydrogens (primary N) is 1. The third-order valence-electron chi connectivity index (χ3n) is 5.95. The average molecular weight is 540 g/mol. The van der Waals surface area contributed by atoms with Crippen LogP contribution in [0.3, 0.4) is 0 Å². The van der Waals surface area contributed by atoms with Crippen molar-refractivity contribution < 1.29 is 36.5 Å². The topological polar surface area (TPSA) is 164 Å². The van der Waals surface area contributed by atoms with Gasteiger partial charge in [-0.25, -0.2) is 14.7 Å². The van der Waals surface area contributed by atoms with E-state index < -0.39 is 58.9 Å². The van der Waals surface area contributed by atoms with Crippen LogP contribution in [0.4, 0.5) is 0 Å². The van der Waals surface area contributed by atoms with Crippen molar-refractivity contribution in [2.45, 2.75) is 24.7 Å². The lowest BCUT2D eigenvalue weighted by atomic mass is 10.1. The molecule has 38 heavy (non-hydrogen) atoms. The van der Waals surface area contributed by atoms with Crippen LogP contribution in [0.5, 0.6) is 0 Å². The molecular weight excluding hydrogens is 514 g/mol. The second-order valence-electron chi connectivity index (χ2n) is 8.56. The van der Waals surface area contributed by atoms with E-state index in [1.54, 1.807) is 60.7 Å². The highest BCUT2D eigenvalue weighted by molar-refractivity contribution is 7.84.